The first-order chi connectivity index (χ1) is 14.5. The first-order valence-corrected chi connectivity index (χ1v) is 9.67. The summed E-state index contributed by atoms with van der Waals surface area (Å²) in [6.45, 7) is 1.81. The van der Waals surface area contributed by atoms with Crippen LogP contribution in [0, 0.1) is 0 Å². The molecule has 30 heavy (non-hydrogen) atoms. The molecule has 0 saturated heterocycles. The molecule has 0 aromatic heterocycles. The predicted molar refractivity (Wildman–Crippen MR) is 112 cm³/mol. The molecule has 158 valence electrons. The van der Waals surface area contributed by atoms with Crippen molar-refractivity contribution < 1.29 is 23.9 Å². The lowest BCUT2D eigenvalue weighted by molar-refractivity contribution is -0.123. The zero-order valence-corrected chi connectivity index (χ0v) is 16.8. The Morgan fingerprint density at radius 3 is 2.33 bits per heavy atom. The van der Waals surface area contributed by atoms with Gasteiger partial charge in [0.1, 0.15) is 0 Å². The van der Waals surface area contributed by atoms with E-state index in [1.54, 1.807) is 18.2 Å². The Kier molecular flexibility index (Phi) is 9.05. The topological polar surface area (TPSA) is 114 Å². The van der Waals surface area contributed by atoms with Crippen molar-refractivity contribution in [1.82, 2.24) is 10.6 Å². The lowest BCUT2D eigenvalue weighted by Crippen LogP contribution is -2.41. The largest absolute Gasteiger partial charge is 0.452 e. The number of urea groups is 1. The lowest BCUT2D eigenvalue weighted by atomic mass is 10.1. The molecular weight excluding hydrogens is 386 g/mol. The number of nitrogens with one attached hydrogen (secondary N) is 3. The van der Waals surface area contributed by atoms with E-state index in [0.717, 1.165) is 18.4 Å². The van der Waals surface area contributed by atoms with Crippen LogP contribution in [0.1, 0.15) is 35.7 Å². The Labute approximate surface area is 175 Å². The predicted octanol–water partition coefficient (Wildman–Crippen LogP) is 2.65. The van der Waals surface area contributed by atoms with E-state index in [-0.39, 0.29) is 23.6 Å². The van der Waals surface area contributed by atoms with E-state index in [1.165, 1.54) is 6.07 Å². The van der Waals surface area contributed by atoms with Gasteiger partial charge in [-0.3, -0.25) is 14.9 Å². The van der Waals surface area contributed by atoms with E-state index in [2.05, 4.69) is 16.0 Å². The van der Waals surface area contributed by atoms with Gasteiger partial charge in [0.2, 0.25) is 5.91 Å². The van der Waals surface area contributed by atoms with E-state index in [4.69, 9.17) is 4.74 Å². The van der Waals surface area contributed by atoms with E-state index in [1.807, 2.05) is 37.3 Å². The molecule has 0 aliphatic carbocycles. The van der Waals surface area contributed by atoms with Crippen LogP contribution in [0.2, 0.25) is 0 Å². The van der Waals surface area contributed by atoms with Crippen LogP contribution in [0.4, 0.5) is 10.5 Å². The van der Waals surface area contributed by atoms with Crippen LogP contribution in [0.5, 0.6) is 0 Å². The van der Waals surface area contributed by atoms with Gasteiger partial charge < -0.3 is 15.4 Å². The number of unbranched alkanes of at least 4 members (excludes halogenated alkanes) is 1. The number of carbonyl (C=O) groups excluding carboxylic acids is 4. The van der Waals surface area contributed by atoms with Gasteiger partial charge in [-0.2, -0.15) is 0 Å². The first-order valence-electron chi connectivity index (χ1n) is 9.67. The van der Waals surface area contributed by atoms with Crippen molar-refractivity contribution in [3.05, 3.63) is 65.7 Å². The van der Waals surface area contributed by atoms with Gasteiger partial charge >= 0.3 is 12.0 Å². The van der Waals surface area contributed by atoms with E-state index in [0.29, 0.717) is 6.54 Å². The summed E-state index contributed by atoms with van der Waals surface area (Å²) in [5, 5.41) is 7.29. The third kappa shape index (κ3) is 7.75. The van der Waals surface area contributed by atoms with Gasteiger partial charge in [0.15, 0.2) is 6.61 Å². The normalized spacial score (nSPS) is 10.0. The number of para-hydroxylation sites is 1. The van der Waals surface area contributed by atoms with Crippen molar-refractivity contribution in [3.63, 3.8) is 0 Å². The second-order valence-electron chi connectivity index (χ2n) is 6.49. The summed E-state index contributed by atoms with van der Waals surface area (Å²) in [6.07, 6.45) is 1.86. The van der Waals surface area contributed by atoms with E-state index in [9.17, 15) is 19.2 Å². The number of hydrogen-bond acceptors (Lipinski definition) is 5. The number of rotatable bonds is 9. The molecule has 8 heteroatoms. The van der Waals surface area contributed by atoms with Gasteiger partial charge in [0, 0.05) is 6.54 Å². The molecular formula is C22H25N3O5. The van der Waals surface area contributed by atoms with E-state index >= 15 is 0 Å². The summed E-state index contributed by atoms with van der Waals surface area (Å²) in [7, 11) is 0. The molecule has 0 radical (unpaired) electrons. The minimum Gasteiger partial charge on any atom is -0.452 e. The zero-order chi connectivity index (χ0) is 21.8. The van der Waals surface area contributed by atoms with Crippen LogP contribution in [-0.2, 0) is 20.7 Å². The third-order valence-electron chi connectivity index (χ3n) is 4.03. The highest BCUT2D eigenvalue weighted by molar-refractivity contribution is 6.02. The molecule has 2 aromatic rings. The van der Waals surface area contributed by atoms with Crippen LogP contribution in [0.15, 0.2) is 54.6 Å². The number of imide groups is 1. The molecule has 0 aliphatic heterocycles. The monoisotopic (exact) mass is 411 g/mol. The van der Waals surface area contributed by atoms with Crippen LogP contribution in [0.25, 0.3) is 0 Å². The molecule has 0 fully saturated rings. The van der Waals surface area contributed by atoms with Crippen molar-refractivity contribution in [2.75, 3.05) is 18.5 Å². The van der Waals surface area contributed by atoms with Crippen LogP contribution in [-0.4, -0.2) is 37.0 Å². The summed E-state index contributed by atoms with van der Waals surface area (Å²) < 4.78 is 4.97. The Morgan fingerprint density at radius 1 is 0.900 bits per heavy atom. The van der Waals surface area contributed by atoms with Gasteiger partial charge in [0.25, 0.3) is 5.91 Å². The van der Waals surface area contributed by atoms with Gasteiger partial charge in [-0.15, -0.1) is 0 Å². The number of anilines is 1. The van der Waals surface area contributed by atoms with Crippen LogP contribution >= 0.6 is 0 Å². The summed E-state index contributed by atoms with van der Waals surface area (Å²) in [5.74, 6) is -1.82. The molecule has 8 nitrogen and oxygen atoms in total. The molecule has 0 saturated carbocycles. The second kappa shape index (κ2) is 12.0. The average Bonchev–Trinajstić information content (AvgIpc) is 2.73. The SMILES string of the molecule is CCCCNC(=O)NC(=O)COC(=O)c1ccccc1NC(=O)Cc1ccccc1. The highest BCUT2D eigenvalue weighted by Crippen LogP contribution is 2.17. The van der Waals surface area contributed by atoms with Crippen molar-refractivity contribution in [1.29, 1.82) is 0 Å². The standard InChI is InChI=1S/C22H25N3O5/c1-2-3-13-23-22(29)25-20(27)15-30-21(28)17-11-7-8-12-18(17)24-19(26)14-16-9-5-4-6-10-16/h4-12H,2-3,13-15H2,1H3,(H,24,26)(H2,23,25,27,29). The fraction of sp³-hybridized carbons (Fsp3) is 0.273. The highest BCUT2D eigenvalue weighted by Gasteiger charge is 2.17. The molecule has 0 atom stereocenters. The fourth-order valence-corrected chi connectivity index (χ4v) is 2.54. The van der Waals surface area contributed by atoms with Crippen molar-refractivity contribution in [2.24, 2.45) is 0 Å². The third-order valence-corrected chi connectivity index (χ3v) is 4.03. The van der Waals surface area contributed by atoms with Gasteiger partial charge in [0.05, 0.1) is 17.7 Å². The van der Waals surface area contributed by atoms with Crippen LogP contribution in [0.3, 0.4) is 0 Å². The maximum absolute atomic E-state index is 12.4. The molecule has 0 heterocycles. The van der Waals surface area contributed by atoms with Crippen molar-refractivity contribution >= 4 is 29.5 Å². The highest BCUT2D eigenvalue weighted by atomic mass is 16.5. The van der Waals surface area contributed by atoms with Crippen molar-refractivity contribution in [3.8, 4) is 0 Å². The molecule has 0 spiro atoms. The number of ether oxygens (including phenoxy) is 1. The number of hydrogen-bond donors (Lipinski definition) is 3. The van der Waals surface area contributed by atoms with Gasteiger partial charge in [-0.25, -0.2) is 9.59 Å². The average molecular weight is 411 g/mol. The molecule has 2 aromatic carbocycles. The number of carbonyl (C=O) groups is 4. The molecule has 0 bridgehead atoms. The molecule has 0 unspecified atom stereocenters. The minimum atomic E-state index is -0.785. The maximum atomic E-state index is 12.4. The Balaban J connectivity index is 1.88. The summed E-state index contributed by atoms with van der Waals surface area (Å²) in [6, 6.07) is 14.9. The number of amides is 4. The van der Waals surface area contributed by atoms with Gasteiger partial charge in [-0.1, -0.05) is 55.8 Å². The second-order valence-corrected chi connectivity index (χ2v) is 6.49. The van der Waals surface area contributed by atoms with Crippen LogP contribution < -0.4 is 16.0 Å². The summed E-state index contributed by atoms with van der Waals surface area (Å²) >= 11 is 0. The number of benzene rings is 2. The first kappa shape index (κ1) is 22.6. The zero-order valence-electron chi connectivity index (χ0n) is 16.8. The minimum absolute atomic E-state index is 0.110. The lowest BCUT2D eigenvalue weighted by Gasteiger charge is -2.11. The fourth-order valence-electron chi connectivity index (χ4n) is 2.54. The van der Waals surface area contributed by atoms with Gasteiger partial charge in [-0.05, 0) is 24.1 Å². The quantitative estimate of drug-likeness (QED) is 0.434. The molecule has 0 aliphatic rings. The smallest absolute Gasteiger partial charge is 0.340 e. The summed E-state index contributed by atoms with van der Waals surface area (Å²) in [5.41, 5.74) is 1.23. The number of esters is 1. The molecule has 4 amide bonds. The Bertz CT molecular complexity index is 883. The Morgan fingerprint density at radius 2 is 1.60 bits per heavy atom. The summed E-state index contributed by atoms with van der Waals surface area (Å²) in [4.78, 5) is 47.9. The molecule has 2 rings (SSSR count). The Hall–Kier alpha value is -3.68. The van der Waals surface area contributed by atoms with E-state index < -0.39 is 24.5 Å². The molecule has 3 N–H and O–H groups in total. The van der Waals surface area contributed by atoms with Crippen molar-refractivity contribution in [2.45, 2.75) is 26.2 Å². The maximum Gasteiger partial charge on any atom is 0.340 e.